The highest BCUT2D eigenvalue weighted by Crippen LogP contribution is 2.41. The Balaban J connectivity index is 2.20. The molecule has 3 rings (SSSR count). The molecule has 58 valence electrons. The van der Waals surface area contributed by atoms with E-state index in [-0.39, 0.29) is 5.78 Å². The van der Waals surface area contributed by atoms with Crippen LogP contribution >= 0.6 is 0 Å². The number of fused-ring (bicyclic) bond motifs is 1. The Kier molecular flexibility index (Phi) is 0.959. The average Bonchev–Trinajstić information content (AvgIpc) is 2.72. The molecule has 0 aromatic carbocycles. The van der Waals surface area contributed by atoms with Crippen molar-refractivity contribution in [2.45, 2.75) is 12.8 Å². The molecule has 1 heteroatoms. The SMILES string of the molecule is O=C1C2=C(CC=C2)C2=C1C=CC2. The summed E-state index contributed by atoms with van der Waals surface area (Å²) >= 11 is 0. The second-order valence-corrected chi connectivity index (χ2v) is 3.33. The van der Waals surface area contributed by atoms with E-state index in [1.54, 1.807) is 0 Å². The summed E-state index contributed by atoms with van der Waals surface area (Å²) in [7, 11) is 0. The first-order chi connectivity index (χ1) is 5.88. The number of hydrogen-bond acceptors (Lipinski definition) is 1. The van der Waals surface area contributed by atoms with E-state index < -0.39 is 0 Å². The fourth-order valence-electron chi connectivity index (χ4n) is 2.15. The van der Waals surface area contributed by atoms with Crippen LogP contribution in [0.15, 0.2) is 46.6 Å². The monoisotopic (exact) mass is 156 g/mol. The molecule has 0 bridgehead atoms. The predicted octanol–water partition coefficient (Wildman–Crippen LogP) is 2.08. The van der Waals surface area contributed by atoms with Gasteiger partial charge in [0.25, 0.3) is 0 Å². The van der Waals surface area contributed by atoms with Crippen molar-refractivity contribution in [1.82, 2.24) is 0 Å². The fourth-order valence-corrected chi connectivity index (χ4v) is 2.15. The Morgan fingerprint density at radius 1 is 0.917 bits per heavy atom. The second kappa shape index (κ2) is 1.86. The van der Waals surface area contributed by atoms with E-state index in [1.165, 1.54) is 11.1 Å². The van der Waals surface area contributed by atoms with E-state index in [0.29, 0.717) is 0 Å². The lowest BCUT2D eigenvalue weighted by atomic mass is 10.1. The Morgan fingerprint density at radius 3 is 1.92 bits per heavy atom. The fraction of sp³-hybridized carbons (Fsp3) is 0.182. The summed E-state index contributed by atoms with van der Waals surface area (Å²) in [5, 5.41) is 0. The lowest BCUT2D eigenvalue weighted by Gasteiger charge is -1.98. The van der Waals surface area contributed by atoms with Gasteiger partial charge in [0, 0.05) is 11.1 Å². The van der Waals surface area contributed by atoms with Crippen molar-refractivity contribution in [2.75, 3.05) is 0 Å². The van der Waals surface area contributed by atoms with Gasteiger partial charge in [0.15, 0.2) is 5.78 Å². The molecule has 0 aliphatic heterocycles. The quantitative estimate of drug-likeness (QED) is 0.524. The third-order valence-corrected chi connectivity index (χ3v) is 2.72. The largest absolute Gasteiger partial charge is 0.289 e. The Bertz CT molecular complexity index is 365. The van der Waals surface area contributed by atoms with E-state index in [9.17, 15) is 4.79 Å². The van der Waals surface area contributed by atoms with Gasteiger partial charge in [0.1, 0.15) is 0 Å². The van der Waals surface area contributed by atoms with Crippen molar-refractivity contribution in [1.29, 1.82) is 0 Å². The van der Waals surface area contributed by atoms with Crippen molar-refractivity contribution in [3.63, 3.8) is 0 Å². The lowest BCUT2D eigenvalue weighted by molar-refractivity contribution is -0.111. The van der Waals surface area contributed by atoms with Crippen LogP contribution in [0, 0.1) is 0 Å². The van der Waals surface area contributed by atoms with Crippen LogP contribution in [-0.2, 0) is 4.79 Å². The van der Waals surface area contributed by atoms with E-state index in [0.717, 1.165) is 24.0 Å². The maximum absolute atomic E-state index is 11.7. The third kappa shape index (κ3) is 0.536. The van der Waals surface area contributed by atoms with Crippen molar-refractivity contribution < 1.29 is 4.79 Å². The van der Waals surface area contributed by atoms with Gasteiger partial charge >= 0.3 is 0 Å². The highest BCUT2D eigenvalue weighted by molar-refractivity contribution is 6.18. The first-order valence-corrected chi connectivity index (χ1v) is 4.22. The molecule has 3 aliphatic rings. The van der Waals surface area contributed by atoms with Crippen LogP contribution in [-0.4, -0.2) is 5.78 Å². The molecule has 0 saturated heterocycles. The second-order valence-electron chi connectivity index (χ2n) is 3.33. The normalized spacial score (nSPS) is 24.5. The minimum absolute atomic E-state index is 0.238. The number of ketones is 1. The highest BCUT2D eigenvalue weighted by atomic mass is 16.1. The first kappa shape index (κ1) is 6.18. The minimum atomic E-state index is 0.238. The lowest BCUT2D eigenvalue weighted by Crippen LogP contribution is -1.96. The van der Waals surface area contributed by atoms with Gasteiger partial charge in [-0.05, 0) is 24.0 Å². The molecule has 3 aliphatic carbocycles. The standard InChI is InChI=1S/C11H8O/c12-11-9-5-1-3-7(9)8-4-2-6-10(8)11/h1-2,5-6H,3-4H2. The summed E-state index contributed by atoms with van der Waals surface area (Å²) in [5.41, 5.74) is 4.45. The van der Waals surface area contributed by atoms with Gasteiger partial charge in [0.2, 0.25) is 0 Å². The summed E-state index contributed by atoms with van der Waals surface area (Å²) < 4.78 is 0. The van der Waals surface area contributed by atoms with E-state index in [1.807, 2.05) is 12.2 Å². The van der Waals surface area contributed by atoms with Crippen molar-refractivity contribution >= 4 is 5.78 Å². The van der Waals surface area contributed by atoms with Crippen LogP contribution in [0.2, 0.25) is 0 Å². The molecule has 0 spiro atoms. The number of rotatable bonds is 0. The van der Waals surface area contributed by atoms with Crippen LogP contribution in [0.5, 0.6) is 0 Å². The topological polar surface area (TPSA) is 17.1 Å². The maximum atomic E-state index is 11.7. The molecule has 0 heterocycles. The number of carbonyl (C=O) groups excluding carboxylic acids is 1. The van der Waals surface area contributed by atoms with Crippen LogP contribution in [0.3, 0.4) is 0 Å². The highest BCUT2D eigenvalue weighted by Gasteiger charge is 2.31. The van der Waals surface area contributed by atoms with Crippen LogP contribution < -0.4 is 0 Å². The predicted molar refractivity (Wildman–Crippen MR) is 46.6 cm³/mol. The van der Waals surface area contributed by atoms with Gasteiger partial charge in [-0.3, -0.25) is 4.79 Å². The van der Waals surface area contributed by atoms with Gasteiger partial charge in [-0.15, -0.1) is 0 Å². The Morgan fingerprint density at radius 2 is 1.42 bits per heavy atom. The zero-order valence-corrected chi connectivity index (χ0v) is 6.63. The minimum Gasteiger partial charge on any atom is -0.289 e. The molecular formula is C11H8O. The molecule has 0 radical (unpaired) electrons. The molecule has 0 N–H and O–H groups in total. The molecule has 1 nitrogen and oxygen atoms in total. The van der Waals surface area contributed by atoms with Gasteiger partial charge in [-0.25, -0.2) is 0 Å². The molecule has 0 atom stereocenters. The summed E-state index contributed by atoms with van der Waals surface area (Å²) in [4.78, 5) is 11.7. The molecule has 0 aromatic heterocycles. The molecule has 12 heavy (non-hydrogen) atoms. The molecule has 0 fully saturated rings. The number of allylic oxidation sites excluding steroid dienone is 8. The van der Waals surface area contributed by atoms with E-state index in [4.69, 9.17) is 0 Å². The molecule has 0 unspecified atom stereocenters. The van der Waals surface area contributed by atoms with Gasteiger partial charge in [-0.1, -0.05) is 24.3 Å². The Hall–Kier alpha value is -1.37. The maximum Gasteiger partial charge on any atom is 0.193 e. The smallest absolute Gasteiger partial charge is 0.193 e. The first-order valence-electron chi connectivity index (χ1n) is 4.22. The molecule has 0 saturated carbocycles. The third-order valence-electron chi connectivity index (χ3n) is 2.72. The van der Waals surface area contributed by atoms with Gasteiger partial charge in [0.05, 0.1) is 0 Å². The van der Waals surface area contributed by atoms with Crippen LogP contribution in [0.1, 0.15) is 12.8 Å². The average molecular weight is 156 g/mol. The molecular weight excluding hydrogens is 148 g/mol. The van der Waals surface area contributed by atoms with Gasteiger partial charge < -0.3 is 0 Å². The molecule has 0 amide bonds. The summed E-state index contributed by atoms with van der Waals surface area (Å²) in [6.07, 6.45) is 9.99. The Labute approximate surface area is 70.8 Å². The van der Waals surface area contributed by atoms with Crippen molar-refractivity contribution in [3.05, 3.63) is 46.6 Å². The number of hydrogen-bond donors (Lipinski definition) is 0. The van der Waals surface area contributed by atoms with E-state index in [2.05, 4.69) is 12.2 Å². The number of carbonyl (C=O) groups is 1. The molecule has 0 aromatic rings. The van der Waals surface area contributed by atoms with Crippen molar-refractivity contribution in [3.8, 4) is 0 Å². The van der Waals surface area contributed by atoms with Crippen molar-refractivity contribution in [2.24, 2.45) is 0 Å². The summed E-state index contributed by atoms with van der Waals surface area (Å²) in [5.74, 6) is 0.238. The zero-order valence-electron chi connectivity index (χ0n) is 6.63. The zero-order chi connectivity index (χ0) is 8.13. The summed E-state index contributed by atoms with van der Waals surface area (Å²) in [6, 6.07) is 0. The van der Waals surface area contributed by atoms with Crippen LogP contribution in [0.4, 0.5) is 0 Å². The van der Waals surface area contributed by atoms with Crippen LogP contribution in [0.25, 0.3) is 0 Å². The van der Waals surface area contributed by atoms with Gasteiger partial charge in [-0.2, -0.15) is 0 Å². The summed E-state index contributed by atoms with van der Waals surface area (Å²) in [6.45, 7) is 0. The number of Topliss-reactive ketones (excluding diaryl/α,β-unsaturated/α-hetero) is 1. The van der Waals surface area contributed by atoms with E-state index >= 15 is 0 Å².